The van der Waals surface area contributed by atoms with Crippen molar-refractivity contribution >= 4 is 21.7 Å². The van der Waals surface area contributed by atoms with E-state index in [1.807, 2.05) is 24.3 Å². The normalized spacial score (nSPS) is 15.7. The summed E-state index contributed by atoms with van der Waals surface area (Å²) < 4.78 is 1.05. The lowest BCUT2D eigenvalue weighted by Crippen LogP contribution is -2.27. The van der Waals surface area contributed by atoms with Crippen LogP contribution in [-0.4, -0.2) is 15.8 Å². The number of aromatic amines is 1. The van der Waals surface area contributed by atoms with E-state index in [0.29, 0.717) is 6.42 Å². The van der Waals surface area contributed by atoms with Crippen LogP contribution in [0.4, 0.5) is 0 Å². The van der Waals surface area contributed by atoms with E-state index in [1.54, 1.807) is 12.4 Å². The third-order valence-electron chi connectivity index (χ3n) is 4.99. The molecule has 3 aromatic rings. The second-order valence-electron chi connectivity index (χ2n) is 7.82. The molecule has 26 heavy (non-hydrogen) atoms. The smallest absolute Gasteiger partial charge is 0.165 e. The Balaban J connectivity index is 1.88. The van der Waals surface area contributed by atoms with E-state index in [-0.39, 0.29) is 11.2 Å². The minimum atomic E-state index is -0.00248. The molecule has 2 aromatic heterocycles. The maximum Gasteiger partial charge on any atom is 0.165 e. The molecule has 2 heterocycles. The van der Waals surface area contributed by atoms with Gasteiger partial charge in [0, 0.05) is 46.5 Å². The predicted molar refractivity (Wildman–Crippen MR) is 107 cm³/mol. The summed E-state index contributed by atoms with van der Waals surface area (Å²) in [6.07, 6.45) is 5.81. The highest BCUT2D eigenvalue weighted by Gasteiger charge is 2.35. The molecule has 4 heteroatoms. The quantitative estimate of drug-likeness (QED) is 0.614. The van der Waals surface area contributed by atoms with E-state index in [1.165, 1.54) is 5.56 Å². The van der Waals surface area contributed by atoms with Crippen molar-refractivity contribution in [3.8, 4) is 11.3 Å². The van der Waals surface area contributed by atoms with Gasteiger partial charge < -0.3 is 4.98 Å². The van der Waals surface area contributed by atoms with E-state index in [4.69, 9.17) is 0 Å². The van der Waals surface area contributed by atoms with E-state index >= 15 is 0 Å². The number of rotatable bonds is 3. The van der Waals surface area contributed by atoms with Gasteiger partial charge in [-0.3, -0.25) is 9.78 Å². The first-order valence-electron chi connectivity index (χ1n) is 8.85. The van der Waals surface area contributed by atoms with Gasteiger partial charge in [0.05, 0.1) is 5.69 Å². The molecule has 0 bridgehead atoms. The van der Waals surface area contributed by atoms with E-state index in [0.717, 1.165) is 45.4 Å². The number of aromatic nitrogens is 2. The number of carbonyl (C=O) groups excluding carboxylic acids is 1. The Bertz CT molecular complexity index is 973. The third-order valence-corrected chi connectivity index (χ3v) is 5.49. The van der Waals surface area contributed by atoms with Crippen LogP contribution in [0.2, 0.25) is 0 Å². The fraction of sp³-hybridized carbons (Fsp3) is 0.273. The molecule has 132 valence electrons. The Kier molecular flexibility index (Phi) is 4.31. The van der Waals surface area contributed by atoms with Crippen molar-refractivity contribution in [2.45, 2.75) is 33.1 Å². The zero-order valence-electron chi connectivity index (χ0n) is 15.0. The molecule has 0 spiro atoms. The highest BCUT2D eigenvalue weighted by molar-refractivity contribution is 9.10. The van der Waals surface area contributed by atoms with Gasteiger partial charge in [-0.05, 0) is 47.2 Å². The lowest BCUT2D eigenvalue weighted by molar-refractivity contribution is 0.0911. The maximum atomic E-state index is 13.0. The molecule has 4 rings (SSSR count). The summed E-state index contributed by atoms with van der Waals surface area (Å²) in [5.41, 5.74) is 6.38. The molecule has 1 aliphatic carbocycles. The molecule has 3 nitrogen and oxygen atoms in total. The molecule has 0 amide bonds. The topological polar surface area (TPSA) is 45.8 Å². The SMILES string of the molecule is CC1(C)CC(=O)c2c([nH]c(-c3ccncc3)c2Cc2cccc(Br)c2)C1. The zero-order valence-corrected chi connectivity index (χ0v) is 16.6. The Morgan fingerprint density at radius 3 is 2.65 bits per heavy atom. The van der Waals surface area contributed by atoms with Crippen molar-refractivity contribution < 1.29 is 4.79 Å². The third kappa shape index (κ3) is 3.26. The average molecular weight is 409 g/mol. The molecule has 0 radical (unpaired) electrons. The number of nitrogens with one attached hydrogen (secondary N) is 1. The number of H-pyrrole nitrogens is 1. The molecule has 1 aliphatic rings. The van der Waals surface area contributed by atoms with Gasteiger partial charge in [-0.15, -0.1) is 0 Å². The Morgan fingerprint density at radius 1 is 1.15 bits per heavy atom. The number of halogens is 1. The van der Waals surface area contributed by atoms with Crippen molar-refractivity contribution in [2.75, 3.05) is 0 Å². The molecule has 0 fully saturated rings. The highest BCUT2D eigenvalue weighted by Crippen LogP contribution is 2.40. The number of ketones is 1. The van der Waals surface area contributed by atoms with Gasteiger partial charge in [0.2, 0.25) is 0 Å². The van der Waals surface area contributed by atoms with E-state index in [2.05, 4.69) is 51.9 Å². The monoisotopic (exact) mass is 408 g/mol. The lowest BCUT2D eigenvalue weighted by atomic mass is 9.75. The second kappa shape index (κ2) is 6.51. The van der Waals surface area contributed by atoms with Crippen LogP contribution in [-0.2, 0) is 12.8 Å². The Labute approximate surface area is 162 Å². The van der Waals surface area contributed by atoms with E-state index in [9.17, 15) is 4.79 Å². The molecule has 0 atom stereocenters. The number of pyridine rings is 1. The van der Waals surface area contributed by atoms with Crippen LogP contribution in [0.3, 0.4) is 0 Å². The fourth-order valence-corrected chi connectivity index (χ4v) is 4.37. The molecule has 1 N–H and O–H groups in total. The number of benzene rings is 1. The highest BCUT2D eigenvalue weighted by atomic mass is 79.9. The van der Waals surface area contributed by atoms with Crippen molar-refractivity contribution in [2.24, 2.45) is 5.41 Å². The van der Waals surface area contributed by atoms with Crippen LogP contribution in [0, 0.1) is 5.41 Å². The molecular weight excluding hydrogens is 388 g/mol. The van der Waals surface area contributed by atoms with Crippen LogP contribution >= 0.6 is 15.9 Å². The van der Waals surface area contributed by atoms with Crippen molar-refractivity contribution in [1.82, 2.24) is 9.97 Å². The van der Waals surface area contributed by atoms with Crippen LogP contribution in [0.25, 0.3) is 11.3 Å². The molecule has 0 aliphatic heterocycles. The van der Waals surface area contributed by atoms with Gasteiger partial charge in [0.25, 0.3) is 0 Å². The molecule has 0 saturated carbocycles. The van der Waals surface area contributed by atoms with Crippen LogP contribution in [0.1, 0.15) is 47.4 Å². The van der Waals surface area contributed by atoms with Crippen LogP contribution in [0.5, 0.6) is 0 Å². The average Bonchev–Trinajstić information content (AvgIpc) is 2.93. The molecule has 0 saturated heterocycles. The molecular formula is C22H21BrN2O. The first-order chi connectivity index (χ1) is 12.4. The number of fused-ring (bicyclic) bond motifs is 1. The molecule has 0 unspecified atom stereocenters. The van der Waals surface area contributed by atoms with Gasteiger partial charge in [0.1, 0.15) is 0 Å². The van der Waals surface area contributed by atoms with Crippen LogP contribution < -0.4 is 0 Å². The van der Waals surface area contributed by atoms with Crippen molar-refractivity contribution in [3.05, 3.63) is 75.6 Å². The summed E-state index contributed by atoms with van der Waals surface area (Å²) in [4.78, 5) is 20.7. The van der Waals surface area contributed by atoms with E-state index < -0.39 is 0 Å². The minimum Gasteiger partial charge on any atom is -0.358 e. The number of hydrogen-bond acceptors (Lipinski definition) is 2. The largest absolute Gasteiger partial charge is 0.358 e. The summed E-state index contributed by atoms with van der Waals surface area (Å²) in [6, 6.07) is 12.3. The first-order valence-corrected chi connectivity index (χ1v) is 9.64. The lowest BCUT2D eigenvalue weighted by Gasteiger charge is -2.28. The van der Waals surface area contributed by atoms with Crippen LogP contribution in [0.15, 0.2) is 53.3 Å². The standard InChI is InChI=1S/C22H21BrN2O/c1-22(2)12-18-20(19(26)13-22)17(11-14-4-3-5-16(23)10-14)21(25-18)15-6-8-24-9-7-15/h3-10,25H,11-13H2,1-2H3. The van der Waals surface area contributed by atoms with Gasteiger partial charge in [-0.2, -0.15) is 0 Å². The Morgan fingerprint density at radius 2 is 1.92 bits per heavy atom. The summed E-state index contributed by atoms with van der Waals surface area (Å²) in [6.45, 7) is 4.32. The maximum absolute atomic E-state index is 13.0. The van der Waals surface area contributed by atoms with Gasteiger partial charge in [0.15, 0.2) is 5.78 Å². The molecule has 1 aromatic carbocycles. The summed E-state index contributed by atoms with van der Waals surface area (Å²) in [5.74, 6) is 0.248. The van der Waals surface area contributed by atoms with Gasteiger partial charge in [-0.1, -0.05) is 41.9 Å². The second-order valence-corrected chi connectivity index (χ2v) is 8.73. The predicted octanol–water partition coefficient (Wildman–Crippen LogP) is 5.59. The number of nitrogens with zero attached hydrogens (tertiary/aromatic N) is 1. The van der Waals surface area contributed by atoms with Crippen molar-refractivity contribution in [1.29, 1.82) is 0 Å². The van der Waals surface area contributed by atoms with Gasteiger partial charge in [-0.25, -0.2) is 0 Å². The summed E-state index contributed by atoms with van der Waals surface area (Å²) >= 11 is 3.55. The number of hydrogen-bond donors (Lipinski definition) is 1. The summed E-state index contributed by atoms with van der Waals surface area (Å²) in [5, 5.41) is 0. The summed E-state index contributed by atoms with van der Waals surface area (Å²) in [7, 11) is 0. The number of carbonyl (C=O) groups is 1. The van der Waals surface area contributed by atoms with Gasteiger partial charge >= 0.3 is 0 Å². The minimum absolute atomic E-state index is 0.00248. The first kappa shape index (κ1) is 17.2. The fourth-order valence-electron chi connectivity index (χ4n) is 3.92. The van der Waals surface area contributed by atoms with Crippen molar-refractivity contribution in [3.63, 3.8) is 0 Å². The zero-order chi connectivity index (χ0) is 18.3. The Hall–Kier alpha value is -2.20. The number of Topliss-reactive ketones (excluding diaryl/α,β-unsaturated/α-hetero) is 1.